The lowest BCUT2D eigenvalue weighted by Gasteiger charge is -2.20. The highest BCUT2D eigenvalue weighted by Crippen LogP contribution is 2.33. The molecule has 2 aromatic rings. The molecule has 0 aliphatic carbocycles. The molecule has 2 amide bonds. The lowest BCUT2D eigenvalue weighted by Crippen LogP contribution is -2.41. The zero-order valence-electron chi connectivity index (χ0n) is 13.9. The van der Waals surface area contributed by atoms with Crippen LogP contribution in [0.15, 0.2) is 48.8 Å². The number of benzene rings is 1. The maximum atomic E-state index is 12.5. The van der Waals surface area contributed by atoms with Crippen LogP contribution < -0.4 is 5.32 Å². The van der Waals surface area contributed by atoms with Gasteiger partial charge in [-0.15, -0.1) is 0 Å². The second-order valence-electron chi connectivity index (χ2n) is 6.29. The monoisotopic (exact) mass is 323 g/mol. The number of hydrogen-bond acceptors (Lipinski definition) is 3. The number of anilines is 1. The molecule has 1 aromatic carbocycles. The molecule has 1 N–H and O–H groups in total. The van der Waals surface area contributed by atoms with Gasteiger partial charge in [0.2, 0.25) is 0 Å². The van der Waals surface area contributed by atoms with Crippen molar-refractivity contribution in [3.63, 3.8) is 0 Å². The molecule has 1 aliphatic rings. The molecule has 0 spiro atoms. The van der Waals surface area contributed by atoms with Crippen molar-refractivity contribution < 1.29 is 9.59 Å². The normalized spacial score (nSPS) is 20.0. The summed E-state index contributed by atoms with van der Waals surface area (Å²) in [5.41, 5.74) is 3.01. The topological polar surface area (TPSA) is 62.3 Å². The van der Waals surface area contributed by atoms with E-state index in [0.717, 1.165) is 6.42 Å². The number of nitrogens with one attached hydrogen (secondary N) is 1. The number of carbonyl (C=O) groups excluding carboxylic acids is 2. The Morgan fingerprint density at radius 3 is 2.71 bits per heavy atom. The maximum Gasteiger partial charge on any atom is 0.313 e. The standard InChI is InChI=1S/C19H21N3O2/c1-13-6-3-4-8-17(13)15-10-14(2)22(12-15)19(24)18(23)21-16-7-5-9-20-11-16/h3-9,11,14-15H,10,12H2,1-2H3,(H,21,23)/t14-,15-/m0/s1. The molecule has 5 nitrogen and oxygen atoms in total. The molecule has 3 rings (SSSR count). The second-order valence-corrected chi connectivity index (χ2v) is 6.29. The van der Waals surface area contributed by atoms with Gasteiger partial charge >= 0.3 is 11.8 Å². The van der Waals surface area contributed by atoms with E-state index in [0.29, 0.717) is 12.2 Å². The van der Waals surface area contributed by atoms with Crippen molar-refractivity contribution in [3.05, 3.63) is 59.9 Å². The van der Waals surface area contributed by atoms with Gasteiger partial charge in [0.1, 0.15) is 0 Å². The van der Waals surface area contributed by atoms with Gasteiger partial charge in [0.15, 0.2) is 0 Å². The molecular weight excluding hydrogens is 302 g/mol. The Balaban J connectivity index is 1.69. The highest BCUT2D eigenvalue weighted by Gasteiger charge is 2.36. The van der Waals surface area contributed by atoms with Crippen molar-refractivity contribution in [2.45, 2.75) is 32.2 Å². The average molecular weight is 323 g/mol. The first-order valence-corrected chi connectivity index (χ1v) is 8.13. The van der Waals surface area contributed by atoms with E-state index in [9.17, 15) is 9.59 Å². The maximum absolute atomic E-state index is 12.5. The molecule has 2 heterocycles. The van der Waals surface area contributed by atoms with Crippen LogP contribution >= 0.6 is 0 Å². The summed E-state index contributed by atoms with van der Waals surface area (Å²) in [5.74, 6) is -0.820. The summed E-state index contributed by atoms with van der Waals surface area (Å²) < 4.78 is 0. The van der Waals surface area contributed by atoms with E-state index in [1.807, 2.05) is 19.1 Å². The zero-order valence-corrected chi connectivity index (χ0v) is 13.9. The van der Waals surface area contributed by atoms with Gasteiger partial charge in [-0.25, -0.2) is 0 Å². The van der Waals surface area contributed by atoms with Gasteiger partial charge in [-0.05, 0) is 43.5 Å². The Hall–Kier alpha value is -2.69. The summed E-state index contributed by atoms with van der Waals surface area (Å²) in [5, 5.41) is 2.61. The lowest BCUT2D eigenvalue weighted by molar-refractivity contribution is -0.143. The van der Waals surface area contributed by atoms with E-state index in [2.05, 4.69) is 29.4 Å². The third-order valence-electron chi connectivity index (χ3n) is 4.58. The highest BCUT2D eigenvalue weighted by molar-refractivity contribution is 6.39. The van der Waals surface area contributed by atoms with Gasteiger partial charge in [-0.2, -0.15) is 0 Å². The fourth-order valence-electron chi connectivity index (χ4n) is 3.34. The third kappa shape index (κ3) is 3.30. The van der Waals surface area contributed by atoms with E-state index in [-0.39, 0.29) is 12.0 Å². The Bertz CT molecular complexity index is 745. The fourth-order valence-corrected chi connectivity index (χ4v) is 3.34. The molecule has 1 aromatic heterocycles. The summed E-state index contributed by atoms with van der Waals surface area (Å²) in [7, 11) is 0. The van der Waals surface area contributed by atoms with Crippen molar-refractivity contribution in [2.24, 2.45) is 0 Å². The van der Waals surface area contributed by atoms with Crippen LogP contribution in [0.4, 0.5) is 5.69 Å². The van der Waals surface area contributed by atoms with Crippen LogP contribution in [0.25, 0.3) is 0 Å². The highest BCUT2D eigenvalue weighted by atomic mass is 16.2. The molecule has 5 heteroatoms. The van der Waals surface area contributed by atoms with Gasteiger partial charge in [-0.3, -0.25) is 14.6 Å². The number of pyridine rings is 1. The Labute approximate surface area is 141 Å². The molecule has 1 fully saturated rings. The van der Waals surface area contributed by atoms with E-state index in [4.69, 9.17) is 0 Å². The minimum absolute atomic E-state index is 0.0433. The predicted octanol–water partition coefficient (Wildman–Crippen LogP) is 2.73. The first-order chi connectivity index (χ1) is 11.6. The number of aryl methyl sites for hydroxylation is 1. The first kappa shape index (κ1) is 16.2. The van der Waals surface area contributed by atoms with E-state index in [1.165, 1.54) is 17.3 Å². The number of likely N-dealkylation sites (tertiary alicyclic amines) is 1. The number of amides is 2. The number of carbonyl (C=O) groups is 2. The van der Waals surface area contributed by atoms with E-state index >= 15 is 0 Å². The van der Waals surface area contributed by atoms with Crippen LogP contribution in [0.2, 0.25) is 0 Å². The summed E-state index contributed by atoms with van der Waals surface area (Å²) in [4.78, 5) is 30.3. The van der Waals surface area contributed by atoms with Gasteiger partial charge in [-0.1, -0.05) is 24.3 Å². The van der Waals surface area contributed by atoms with Crippen molar-refractivity contribution in [2.75, 3.05) is 11.9 Å². The Morgan fingerprint density at radius 2 is 2.00 bits per heavy atom. The minimum Gasteiger partial charge on any atom is -0.331 e. The first-order valence-electron chi connectivity index (χ1n) is 8.13. The van der Waals surface area contributed by atoms with Crippen LogP contribution in [0.5, 0.6) is 0 Å². The Morgan fingerprint density at radius 1 is 1.21 bits per heavy atom. The molecule has 0 radical (unpaired) electrons. The summed E-state index contributed by atoms with van der Waals surface area (Å²) in [6.07, 6.45) is 4.01. The predicted molar refractivity (Wildman–Crippen MR) is 92.6 cm³/mol. The number of rotatable bonds is 2. The zero-order chi connectivity index (χ0) is 17.1. The van der Waals surface area contributed by atoms with Crippen molar-refractivity contribution >= 4 is 17.5 Å². The van der Waals surface area contributed by atoms with Gasteiger partial charge in [0, 0.05) is 24.7 Å². The van der Waals surface area contributed by atoms with Crippen molar-refractivity contribution in [1.29, 1.82) is 0 Å². The smallest absolute Gasteiger partial charge is 0.313 e. The molecule has 1 aliphatic heterocycles. The number of nitrogens with zero attached hydrogens (tertiary/aromatic N) is 2. The van der Waals surface area contributed by atoms with Gasteiger partial charge in [0.25, 0.3) is 0 Å². The molecule has 0 unspecified atom stereocenters. The van der Waals surface area contributed by atoms with Crippen LogP contribution in [0, 0.1) is 6.92 Å². The SMILES string of the molecule is Cc1ccccc1[C@H]1C[C@H](C)N(C(=O)C(=O)Nc2cccnc2)C1. The largest absolute Gasteiger partial charge is 0.331 e. The van der Waals surface area contributed by atoms with Crippen LogP contribution in [0.3, 0.4) is 0 Å². The van der Waals surface area contributed by atoms with Crippen LogP contribution in [0.1, 0.15) is 30.4 Å². The van der Waals surface area contributed by atoms with Crippen molar-refractivity contribution in [1.82, 2.24) is 9.88 Å². The van der Waals surface area contributed by atoms with Crippen LogP contribution in [-0.2, 0) is 9.59 Å². The molecule has 124 valence electrons. The number of hydrogen-bond donors (Lipinski definition) is 1. The molecule has 0 bridgehead atoms. The number of aromatic nitrogens is 1. The average Bonchev–Trinajstić information content (AvgIpc) is 2.97. The van der Waals surface area contributed by atoms with E-state index in [1.54, 1.807) is 23.2 Å². The van der Waals surface area contributed by atoms with Crippen molar-refractivity contribution in [3.8, 4) is 0 Å². The molecular formula is C19H21N3O2. The van der Waals surface area contributed by atoms with E-state index < -0.39 is 11.8 Å². The molecule has 24 heavy (non-hydrogen) atoms. The third-order valence-corrected chi connectivity index (χ3v) is 4.58. The quantitative estimate of drug-likeness (QED) is 0.864. The Kier molecular flexibility index (Phi) is 4.60. The van der Waals surface area contributed by atoms with Crippen LogP contribution in [-0.4, -0.2) is 34.3 Å². The van der Waals surface area contributed by atoms with Gasteiger partial charge in [0.05, 0.1) is 11.9 Å². The molecule has 0 saturated carbocycles. The second kappa shape index (κ2) is 6.83. The molecule has 2 atom stereocenters. The lowest BCUT2D eigenvalue weighted by atomic mass is 9.93. The minimum atomic E-state index is -0.611. The summed E-state index contributed by atoms with van der Waals surface area (Å²) >= 11 is 0. The van der Waals surface area contributed by atoms with Gasteiger partial charge < -0.3 is 10.2 Å². The fraction of sp³-hybridized carbons (Fsp3) is 0.316. The summed E-state index contributed by atoms with van der Waals surface area (Å²) in [6.45, 7) is 4.65. The molecule has 1 saturated heterocycles. The summed E-state index contributed by atoms with van der Waals surface area (Å²) in [6, 6.07) is 11.7.